The van der Waals surface area contributed by atoms with Crippen LogP contribution in [0.15, 0.2) is 42.5 Å². The Kier molecular flexibility index (Phi) is 7.22. The Balaban J connectivity index is 2.01. The molecule has 0 spiro atoms. The van der Waals surface area contributed by atoms with Crippen molar-refractivity contribution in [1.82, 2.24) is 0 Å². The summed E-state index contributed by atoms with van der Waals surface area (Å²) in [4.78, 5) is 35.3. The summed E-state index contributed by atoms with van der Waals surface area (Å²) < 4.78 is 15.5. The molecular formula is C19H19ClN2O6. The molecule has 28 heavy (non-hydrogen) atoms. The maximum absolute atomic E-state index is 12.3. The van der Waals surface area contributed by atoms with Gasteiger partial charge in [0.15, 0.2) is 24.2 Å². The molecule has 0 radical (unpaired) electrons. The molecule has 1 atom stereocenters. The predicted octanol–water partition coefficient (Wildman–Crippen LogP) is 2.40. The van der Waals surface area contributed by atoms with Crippen LogP contribution in [-0.2, 0) is 14.3 Å². The molecule has 0 aliphatic heterocycles. The highest BCUT2D eigenvalue weighted by Crippen LogP contribution is 2.28. The third kappa shape index (κ3) is 5.88. The van der Waals surface area contributed by atoms with Crippen LogP contribution in [0.25, 0.3) is 0 Å². The number of carbonyl (C=O) groups is 3. The number of primary amides is 1. The summed E-state index contributed by atoms with van der Waals surface area (Å²) in [6.45, 7) is 1.12. The van der Waals surface area contributed by atoms with Gasteiger partial charge in [0.05, 0.1) is 12.7 Å². The first-order valence-corrected chi connectivity index (χ1v) is 8.54. The molecule has 0 bridgehead atoms. The lowest BCUT2D eigenvalue weighted by molar-refractivity contribution is -0.123. The van der Waals surface area contributed by atoms with Crippen molar-refractivity contribution < 1.29 is 28.6 Å². The lowest BCUT2D eigenvalue weighted by Crippen LogP contribution is -2.30. The van der Waals surface area contributed by atoms with E-state index in [0.717, 1.165) is 0 Å². The maximum atomic E-state index is 12.3. The highest BCUT2D eigenvalue weighted by molar-refractivity contribution is 6.30. The monoisotopic (exact) mass is 406 g/mol. The van der Waals surface area contributed by atoms with E-state index in [9.17, 15) is 14.4 Å². The second-order valence-corrected chi connectivity index (χ2v) is 6.10. The average Bonchev–Trinajstić information content (AvgIpc) is 2.67. The van der Waals surface area contributed by atoms with Crippen LogP contribution in [0.2, 0.25) is 5.02 Å². The average molecular weight is 407 g/mol. The molecule has 2 aromatic rings. The van der Waals surface area contributed by atoms with Crippen LogP contribution in [0, 0.1) is 0 Å². The van der Waals surface area contributed by atoms with Gasteiger partial charge in [-0.15, -0.1) is 0 Å². The number of esters is 1. The van der Waals surface area contributed by atoms with Crippen LogP contribution in [-0.4, -0.2) is 37.6 Å². The van der Waals surface area contributed by atoms with Gasteiger partial charge in [0.25, 0.3) is 11.8 Å². The molecular weight excluding hydrogens is 388 g/mol. The Labute approximate surface area is 166 Å². The number of halogens is 1. The fourth-order valence-electron chi connectivity index (χ4n) is 2.12. The fraction of sp³-hybridized carbons (Fsp3) is 0.211. The van der Waals surface area contributed by atoms with Crippen molar-refractivity contribution in [3.8, 4) is 11.5 Å². The van der Waals surface area contributed by atoms with Crippen LogP contribution in [0.1, 0.15) is 17.3 Å². The molecule has 9 heteroatoms. The van der Waals surface area contributed by atoms with Crippen LogP contribution >= 0.6 is 11.6 Å². The van der Waals surface area contributed by atoms with Gasteiger partial charge in [-0.1, -0.05) is 11.6 Å². The highest BCUT2D eigenvalue weighted by Gasteiger charge is 2.20. The number of hydrogen-bond donors (Lipinski definition) is 2. The van der Waals surface area contributed by atoms with E-state index in [4.69, 9.17) is 31.5 Å². The minimum Gasteiger partial charge on any atom is -0.493 e. The molecule has 0 aromatic heterocycles. The van der Waals surface area contributed by atoms with Gasteiger partial charge in [0, 0.05) is 10.7 Å². The number of nitrogens with one attached hydrogen (secondary N) is 1. The van der Waals surface area contributed by atoms with Gasteiger partial charge >= 0.3 is 5.97 Å². The molecule has 3 N–H and O–H groups in total. The van der Waals surface area contributed by atoms with Gasteiger partial charge in [-0.25, -0.2) is 4.79 Å². The van der Waals surface area contributed by atoms with Gasteiger partial charge in [-0.2, -0.15) is 0 Å². The second kappa shape index (κ2) is 9.61. The molecule has 2 aromatic carbocycles. The first-order valence-electron chi connectivity index (χ1n) is 8.16. The number of anilines is 1. The van der Waals surface area contributed by atoms with Crippen LogP contribution in [0.5, 0.6) is 11.5 Å². The molecule has 0 aliphatic rings. The molecule has 0 saturated carbocycles. The highest BCUT2D eigenvalue weighted by atomic mass is 35.5. The number of methoxy groups -OCH3 is 1. The molecule has 2 rings (SSSR count). The SMILES string of the molecule is COc1cc(C(=O)OC(C)C(=O)Nc2ccc(Cl)cc2)ccc1OCC(N)=O. The first kappa shape index (κ1) is 21.0. The Morgan fingerprint density at radius 1 is 1.11 bits per heavy atom. The predicted molar refractivity (Wildman–Crippen MR) is 103 cm³/mol. The Hall–Kier alpha value is -3.26. The van der Waals surface area contributed by atoms with E-state index < -0.39 is 23.9 Å². The summed E-state index contributed by atoms with van der Waals surface area (Å²) in [6, 6.07) is 10.8. The van der Waals surface area contributed by atoms with Gasteiger partial charge < -0.3 is 25.3 Å². The van der Waals surface area contributed by atoms with E-state index in [-0.39, 0.29) is 23.7 Å². The number of nitrogens with two attached hydrogens (primary N) is 1. The molecule has 148 valence electrons. The zero-order chi connectivity index (χ0) is 20.7. The van der Waals surface area contributed by atoms with E-state index in [1.54, 1.807) is 24.3 Å². The van der Waals surface area contributed by atoms with Gasteiger partial charge in [0.1, 0.15) is 0 Å². The van der Waals surface area contributed by atoms with E-state index >= 15 is 0 Å². The lowest BCUT2D eigenvalue weighted by atomic mass is 10.2. The van der Waals surface area contributed by atoms with E-state index in [1.807, 2.05) is 0 Å². The summed E-state index contributed by atoms with van der Waals surface area (Å²) in [7, 11) is 1.38. The minimum absolute atomic E-state index is 0.148. The van der Waals surface area contributed by atoms with Crippen LogP contribution < -0.4 is 20.5 Å². The molecule has 1 unspecified atom stereocenters. The van der Waals surface area contributed by atoms with Crippen molar-refractivity contribution in [2.24, 2.45) is 5.73 Å². The van der Waals surface area contributed by atoms with E-state index in [2.05, 4.69) is 5.32 Å². The second-order valence-electron chi connectivity index (χ2n) is 5.66. The standard InChI is InChI=1S/C19H19ClN2O6/c1-11(18(24)22-14-6-4-13(20)5-7-14)28-19(25)12-3-8-15(16(9-12)26-2)27-10-17(21)23/h3-9,11H,10H2,1-2H3,(H2,21,23)(H,22,24). The zero-order valence-corrected chi connectivity index (χ0v) is 16.0. The third-order valence-electron chi connectivity index (χ3n) is 3.53. The third-order valence-corrected chi connectivity index (χ3v) is 3.79. The molecule has 0 aliphatic carbocycles. The van der Waals surface area contributed by atoms with E-state index in [1.165, 1.54) is 32.2 Å². The van der Waals surface area contributed by atoms with Crippen molar-refractivity contribution in [3.05, 3.63) is 53.1 Å². The van der Waals surface area contributed by atoms with Crippen molar-refractivity contribution >= 4 is 35.1 Å². The quantitative estimate of drug-likeness (QED) is 0.650. The number of ether oxygens (including phenoxy) is 3. The summed E-state index contributed by atoms with van der Waals surface area (Å²) in [5.41, 5.74) is 5.70. The zero-order valence-electron chi connectivity index (χ0n) is 15.2. The van der Waals surface area contributed by atoms with Crippen LogP contribution in [0.4, 0.5) is 5.69 Å². The van der Waals surface area contributed by atoms with Crippen molar-refractivity contribution in [1.29, 1.82) is 0 Å². The smallest absolute Gasteiger partial charge is 0.339 e. The summed E-state index contributed by atoms with van der Waals surface area (Å²) in [6.07, 6.45) is -1.04. The van der Waals surface area contributed by atoms with E-state index in [0.29, 0.717) is 10.7 Å². The molecule has 0 heterocycles. The number of amides is 2. The van der Waals surface area contributed by atoms with Crippen LogP contribution in [0.3, 0.4) is 0 Å². The normalized spacial score (nSPS) is 11.2. The number of hydrogen-bond acceptors (Lipinski definition) is 6. The lowest BCUT2D eigenvalue weighted by Gasteiger charge is -2.15. The Morgan fingerprint density at radius 2 is 1.79 bits per heavy atom. The minimum atomic E-state index is -1.04. The molecule has 0 fully saturated rings. The first-order chi connectivity index (χ1) is 13.3. The maximum Gasteiger partial charge on any atom is 0.339 e. The largest absolute Gasteiger partial charge is 0.493 e. The number of carbonyl (C=O) groups excluding carboxylic acids is 3. The van der Waals surface area contributed by atoms with Crippen molar-refractivity contribution in [3.63, 3.8) is 0 Å². The van der Waals surface area contributed by atoms with Gasteiger partial charge in [-0.3, -0.25) is 9.59 Å². The Bertz CT molecular complexity index is 869. The van der Waals surface area contributed by atoms with Crippen molar-refractivity contribution in [2.45, 2.75) is 13.0 Å². The summed E-state index contributed by atoms with van der Waals surface area (Å²) in [5.74, 6) is -1.41. The topological polar surface area (TPSA) is 117 Å². The number of rotatable bonds is 8. The van der Waals surface area contributed by atoms with Gasteiger partial charge in [0.2, 0.25) is 0 Å². The fourth-order valence-corrected chi connectivity index (χ4v) is 2.25. The Morgan fingerprint density at radius 3 is 2.39 bits per heavy atom. The molecule has 2 amide bonds. The summed E-state index contributed by atoms with van der Waals surface area (Å²) in [5, 5.41) is 3.16. The molecule has 8 nitrogen and oxygen atoms in total. The summed E-state index contributed by atoms with van der Waals surface area (Å²) >= 11 is 5.79. The van der Waals surface area contributed by atoms with Crippen molar-refractivity contribution in [2.75, 3.05) is 19.0 Å². The molecule has 0 saturated heterocycles. The van der Waals surface area contributed by atoms with Gasteiger partial charge in [-0.05, 0) is 49.4 Å². The number of benzene rings is 2.